The number of nitrogens with one attached hydrogen (secondary N) is 1. The van der Waals surface area contributed by atoms with Crippen LogP contribution >= 0.6 is 34.8 Å². The van der Waals surface area contributed by atoms with E-state index in [1.54, 1.807) is 80.6 Å². The first-order valence-electron chi connectivity index (χ1n) is 17.1. The second kappa shape index (κ2) is 17.4. The van der Waals surface area contributed by atoms with E-state index in [4.69, 9.17) is 87.6 Å². The highest BCUT2D eigenvalue weighted by atomic mass is 35.6. The Morgan fingerprint density at radius 1 is 0.679 bits per heavy atom. The van der Waals surface area contributed by atoms with Crippen molar-refractivity contribution in [1.82, 2.24) is 0 Å². The maximum Gasteiger partial charge on any atom is 0.339 e. The van der Waals surface area contributed by atoms with Crippen LogP contribution in [0.25, 0.3) is 0 Å². The average molecular weight is 837 g/mol. The maximum absolute atomic E-state index is 13.7. The monoisotopic (exact) mass is 835 g/mol. The number of hydrogen-bond acceptors (Lipinski definition) is 15. The molecule has 3 saturated heterocycles. The van der Waals surface area contributed by atoms with Crippen molar-refractivity contribution in [3.63, 3.8) is 0 Å². The quantitative estimate of drug-likeness (QED) is 0.0926. The molecule has 6 rings (SSSR count). The molecule has 0 amide bonds. The molecule has 0 aliphatic carbocycles. The van der Waals surface area contributed by atoms with Gasteiger partial charge in [-0.15, -0.1) is 0 Å². The number of halogens is 3. The van der Waals surface area contributed by atoms with Crippen LogP contribution in [-0.4, -0.2) is 108 Å². The van der Waals surface area contributed by atoms with E-state index in [1.807, 2.05) is 0 Å². The van der Waals surface area contributed by atoms with Gasteiger partial charge in [-0.2, -0.15) is 0 Å². The molecule has 298 valence electrons. The Kier molecular flexibility index (Phi) is 12.9. The van der Waals surface area contributed by atoms with Gasteiger partial charge in [0.1, 0.15) is 18.3 Å². The molecule has 0 spiro atoms. The van der Waals surface area contributed by atoms with Crippen LogP contribution in [0.15, 0.2) is 91.0 Å². The lowest BCUT2D eigenvalue weighted by molar-refractivity contribution is -0.328. The highest BCUT2D eigenvalue weighted by Gasteiger charge is 2.60. The third-order valence-corrected chi connectivity index (χ3v) is 9.22. The molecule has 9 atom stereocenters. The van der Waals surface area contributed by atoms with Crippen molar-refractivity contribution in [1.29, 1.82) is 5.41 Å². The summed E-state index contributed by atoms with van der Waals surface area (Å²) < 4.78 is 56.8. The second-order valence-electron chi connectivity index (χ2n) is 13.0. The smallest absolute Gasteiger partial charge is 0.339 e. The number of alkyl halides is 3. The molecule has 3 aliphatic heterocycles. The molecule has 56 heavy (non-hydrogen) atoms. The zero-order chi connectivity index (χ0) is 40.2. The van der Waals surface area contributed by atoms with E-state index < -0.39 is 94.7 Å². The van der Waals surface area contributed by atoms with Crippen LogP contribution in [0.3, 0.4) is 0 Å². The van der Waals surface area contributed by atoms with Crippen LogP contribution in [0.4, 0.5) is 0 Å². The van der Waals surface area contributed by atoms with E-state index in [1.165, 1.54) is 24.3 Å². The largest absolute Gasteiger partial charge is 0.467 e. The maximum atomic E-state index is 13.7. The second-order valence-corrected chi connectivity index (χ2v) is 15.3. The van der Waals surface area contributed by atoms with Crippen LogP contribution in [0, 0.1) is 5.41 Å². The van der Waals surface area contributed by atoms with Gasteiger partial charge in [0.15, 0.2) is 36.5 Å². The number of rotatable bonds is 10. The molecule has 5 unspecified atom stereocenters. The predicted molar refractivity (Wildman–Crippen MR) is 195 cm³/mol. The summed E-state index contributed by atoms with van der Waals surface area (Å²) in [5.41, 5.74) is 0.436. The SMILES string of the molecule is COC(=O)C1O[C@H](OC(=N)C(Cl)(Cl)Cl)C(OC(=O)c2ccccc2)C(O[C@H]2OC[C@@H](OC(=O)c3ccccc3)C3OC(C)(C)OC32)[C@@H]1OC(=O)c1ccccc1. The Morgan fingerprint density at radius 2 is 1.16 bits per heavy atom. The highest BCUT2D eigenvalue weighted by molar-refractivity contribution is 6.76. The summed E-state index contributed by atoms with van der Waals surface area (Å²) in [6, 6.07) is 23.8. The topological polar surface area (TPSA) is 184 Å². The van der Waals surface area contributed by atoms with Gasteiger partial charge in [-0.25, -0.2) is 19.2 Å². The van der Waals surface area contributed by atoms with Gasteiger partial charge in [0.05, 0.1) is 30.4 Å². The average Bonchev–Trinajstić information content (AvgIpc) is 3.53. The molecule has 18 heteroatoms. The van der Waals surface area contributed by atoms with Crippen LogP contribution < -0.4 is 0 Å². The molecule has 3 aromatic rings. The first-order chi connectivity index (χ1) is 26.6. The molecule has 15 nitrogen and oxygen atoms in total. The van der Waals surface area contributed by atoms with Crippen LogP contribution in [0.5, 0.6) is 0 Å². The normalized spacial score (nSPS) is 28.2. The molecule has 3 aromatic carbocycles. The summed E-state index contributed by atoms with van der Waals surface area (Å²) in [7, 11) is 1.05. The zero-order valence-electron chi connectivity index (χ0n) is 29.9. The first-order valence-corrected chi connectivity index (χ1v) is 18.2. The van der Waals surface area contributed by atoms with E-state index >= 15 is 0 Å². The van der Waals surface area contributed by atoms with E-state index in [-0.39, 0.29) is 23.3 Å². The zero-order valence-corrected chi connectivity index (χ0v) is 32.2. The van der Waals surface area contributed by atoms with Crippen LogP contribution in [-0.2, 0) is 52.2 Å². The summed E-state index contributed by atoms with van der Waals surface area (Å²) in [6.45, 7) is 2.97. The van der Waals surface area contributed by atoms with Crippen molar-refractivity contribution in [2.24, 2.45) is 0 Å². The minimum absolute atomic E-state index is 0.0701. The van der Waals surface area contributed by atoms with Gasteiger partial charge in [-0.3, -0.25) is 5.41 Å². The molecule has 0 aromatic heterocycles. The number of benzene rings is 3. The lowest BCUT2D eigenvalue weighted by Crippen LogP contribution is -2.66. The van der Waals surface area contributed by atoms with Crippen LogP contribution in [0.2, 0.25) is 0 Å². The minimum atomic E-state index is -2.45. The number of hydrogen-bond donors (Lipinski definition) is 1. The molecule has 3 aliphatic rings. The highest BCUT2D eigenvalue weighted by Crippen LogP contribution is 2.40. The van der Waals surface area contributed by atoms with Gasteiger partial charge < -0.3 is 47.4 Å². The number of esters is 4. The summed E-state index contributed by atoms with van der Waals surface area (Å²) in [4.78, 5) is 53.8. The number of fused-ring (bicyclic) bond motifs is 1. The lowest BCUT2D eigenvalue weighted by Gasteiger charge is -2.46. The van der Waals surface area contributed by atoms with Crippen molar-refractivity contribution in [2.45, 2.75) is 78.7 Å². The van der Waals surface area contributed by atoms with Crippen molar-refractivity contribution in [3.8, 4) is 0 Å². The molecule has 3 heterocycles. The van der Waals surface area contributed by atoms with Crippen molar-refractivity contribution in [2.75, 3.05) is 13.7 Å². The number of carbonyl (C=O) groups excluding carboxylic acids is 4. The third kappa shape index (κ3) is 9.61. The van der Waals surface area contributed by atoms with Gasteiger partial charge in [-0.05, 0) is 50.2 Å². The molecule has 0 radical (unpaired) electrons. The molecule has 0 saturated carbocycles. The summed E-state index contributed by atoms with van der Waals surface area (Å²) >= 11 is 17.9. The van der Waals surface area contributed by atoms with Crippen molar-refractivity contribution >= 4 is 64.6 Å². The Balaban J connectivity index is 1.40. The molecule has 1 N–H and O–H groups in total. The van der Waals surface area contributed by atoms with Crippen molar-refractivity contribution in [3.05, 3.63) is 108 Å². The predicted octanol–water partition coefficient (Wildman–Crippen LogP) is 5.19. The Bertz CT molecular complexity index is 1880. The molecule has 3 fully saturated rings. The summed E-state index contributed by atoms with van der Waals surface area (Å²) in [5.74, 6) is -5.84. The molecular formula is C38H36Cl3NO14. The van der Waals surface area contributed by atoms with Gasteiger partial charge >= 0.3 is 23.9 Å². The van der Waals surface area contributed by atoms with Gasteiger partial charge in [0.2, 0.25) is 12.2 Å². The fraction of sp³-hybridized carbons (Fsp3) is 0.395. The summed E-state index contributed by atoms with van der Waals surface area (Å²) in [6.07, 6.45) is -13.6. The van der Waals surface area contributed by atoms with Gasteiger partial charge in [0.25, 0.3) is 3.79 Å². The van der Waals surface area contributed by atoms with Crippen molar-refractivity contribution < 1.29 is 66.5 Å². The third-order valence-electron chi connectivity index (χ3n) is 8.71. The molecule has 0 bridgehead atoms. The van der Waals surface area contributed by atoms with Gasteiger partial charge in [-0.1, -0.05) is 89.4 Å². The fourth-order valence-electron chi connectivity index (χ4n) is 6.18. The Morgan fingerprint density at radius 3 is 1.66 bits per heavy atom. The van der Waals surface area contributed by atoms with E-state index in [0.29, 0.717) is 0 Å². The summed E-state index contributed by atoms with van der Waals surface area (Å²) in [5, 5.41) is 8.32. The number of carbonyl (C=O) groups is 4. The standard InChI is InChI=1S/C38H36Cl3NO14/c1-37(2)55-24-23(49-30(43)20-13-7-4-8-14-20)19-48-34(29(24)56-37)52-26-25(50-31(44)21-15-9-5-10-16-21)27(33(46)47-3)53-35(54-36(42)38(39,40)41)28(26)51-32(45)22-17-11-6-12-18-22/h4-18,23-29,34-35,42H,19H2,1-3H3/t23-,24?,25+,26?,27?,28?,29?,34-,35-/m1/s1. The Hall–Kier alpha value is -4.32. The number of ether oxygens (including phenoxy) is 10. The van der Waals surface area contributed by atoms with E-state index in [2.05, 4.69) is 0 Å². The van der Waals surface area contributed by atoms with E-state index in [9.17, 15) is 19.2 Å². The Labute approximate surface area is 335 Å². The minimum Gasteiger partial charge on any atom is -0.467 e. The first kappa shape index (κ1) is 41.3. The lowest BCUT2D eigenvalue weighted by atomic mass is 9.96. The number of methoxy groups -OCH3 is 1. The molecular weight excluding hydrogens is 801 g/mol. The van der Waals surface area contributed by atoms with Gasteiger partial charge in [0, 0.05) is 0 Å². The van der Waals surface area contributed by atoms with Crippen LogP contribution in [0.1, 0.15) is 44.9 Å². The van der Waals surface area contributed by atoms with E-state index in [0.717, 1.165) is 7.11 Å². The fourth-order valence-corrected chi connectivity index (χ4v) is 6.32.